The molecule has 7 nitrogen and oxygen atoms in total. The first kappa shape index (κ1) is 21.2. The third-order valence-corrected chi connectivity index (χ3v) is 4.93. The fraction of sp³-hybridized carbons (Fsp3) is 0.304. The van der Waals surface area contributed by atoms with Crippen LogP contribution in [0.1, 0.15) is 51.6 Å². The number of nitrogens with one attached hydrogen (secondary N) is 1. The molecule has 156 valence electrons. The van der Waals surface area contributed by atoms with E-state index in [-0.39, 0.29) is 37.8 Å². The average molecular weight is 408 g/mol. The van der Waals surface area contributed by atoms with Crippen molar-refractivity contribution in [3.05, 3.63) is 64.7 Å². The number of benzene rings is 2. The van der Waals surface area contributed by atoms with Gasteiger partial charge in [-0.05, 0) is 43.5 Å². The van der Waals surface area contributed by atoms with E-state index >= 15 is 0 Å². The zero-order chi connectivity index (χ0) is 21.7. The third kappa shape index (κ3) is 4.74. The Kier molecular flexibility index (Phi) is 6.61. The second-order valence-corrected chi connectivity index (χ2v) is 7.13. The normalized spacial score (nSPS) is 12.7. The molecule has 3 amide bonds. The molecule has 30 heavy (non-hydrogen) atoms. The maximum absolute atomic E-state index is 12.4. The Hall–Kier alpha value is -3.48. The summed E-state index contributed by atoms with van der Waals surface area (Å²) < 4.78 is 5.01. The van der Waals surface area contributed by atoms with Crippen LogP contribution in [0.25, 0.3) is 0 Å². The number of hydrogen-bond acceptors (Lipinski definition) is 5. The number of anilines is 1. The van der Waals surface area contributed by atoms with E-state index in [0.29, 0.717) is 16.8 Å². The molecule has 0 aromatic heterocycles. The van der Waals surface area contributed by atoms with Crippen LogP contribution in [0.5, 0.6) is 0 Å². The fourth-order valence-corrected chi connectivity index (χ4v) is 3.34. The summed E-state index contributed by atoms with van der Waals surface area (Å²) in [7, 11) is 0. The minimum Gasteiger partial charge on any atom is -0.456 e. The average Bonchev–Trinajstić information content (AvgIpc) is 2.97. The lowest BCUT2D eigenvalue weighted by Crippen LogP contribution is -2.31. The molecule has 3 rings (SSSR count). The van der Waals surface area contributed by atoms with E-state index in [1.165, 1.54) is 0 Å². The number of para-hydroxylation sites is 1. The topological polar surface area (TPSA) is 92.8 Å². The van der Waals surface area contributed by atoms with Gasteiger partial charge < -0.3 is 10.1 Å². The van der Waals surface area contributed by atoms with E-state index in [0.717, 1.165) is 22.4 Å². The molecular formula is C23H24N2O5. The lowest BCUT2D eigenvalue weighted by molar-refractivity contribution is -0.147. The van der Waals surface area contributed by atoms with Crippen molar-refractivity contribution in [3.63, 3.8) is 0 Å². The quantitative estimate of drug-likeness (QED) is 0.535. The number of aryl methyl sites for hydroxylation is 2. The zero-order valence-corrected chi connectivity index (χ0v) is 17.1. The fourth-order valence-electron chi connectivity index (χ4n) is 3.34. The van der Waals surface area contributed by atoms with Gasteiger partial charge in [-0.2, -0.15) is 0 Å². The van der Waals surface area contributed by atoms with E-state index < -0.39 is 11.9 Å². The maximum atomic E-state index is 12.4. The minimum absolute atomic E-state index is 0.00522. The molecule has 1 aliphatic heterocycles. The maximum Gasteiger partial charge on any atom is 0.306 e. The van der Waals surface area contributed by atoms with Gasteiger partial charge in [-0.3, -0.25) is 24.1 Å². The van der Waals surface area contributed by atoms with Crippen LogP contribution >= 0.6 is 0 Å². The lowest BCUT2D eigenvalue weighted by Gasteiger charge is -2.13. The second-order valence-electron chi connectivity index (χ2n) is 7.13. The number of esters is 1. The Morgan fingerprint density at radius 2 is 1.77 bits per heavy atom. The number of nitrogens with zero attached hydrogens (tertiary/aromatic N) is 1. The van der Waals surface area contributed by atoms with Crippen molar-refractivity contribution in [2.45, 2.75) is 33.1 Å². The van der Waals surface area contributed by atoms with Gasteiger partial charge in [-0.1, -0.05) is 36.8 Å². The van der Waals surface area contributed by atoms with Crippen LogP contribution in [0.2, 0.25) is 0 Å². The Balaban J connectivity index is 1.43. The van der Waals surface area contributed by atoms with E-state index in [2.05, 4.69) is 5.32 Å². The van der Waals surface area contributed by atoms with Crippen molar-refractivity contribution in [3.8, 4) is 0 Å². The Morgan fingerprint density at radius 1 is 1.03 bits per heavy atom. The predicted molar refractivity (Wildman–Crippen MR) is 111 cm³/mol. The van der Waals surface area contributed by atoms with Crippen molar-refractivity contribution in [1.82, 2.24) is 4.90 Å². The van der Waals surface area contributed by atoms with E-state index in [1.54, 1.807) is 24.3 Å². The van der Waals surface area contributed by atoms with Crippen LogP contribution in [-0.4, -0.2) is 41.7 Å². The molecule has 0 aliphatic carbocycles. The van der Waals surface area contributed by atoms with Gasteiger partial charge in [-0.15, -0.1) is 0 Å². The number of imide groups is 1. The molecule has 1 aliphatic rings. The number of carbonyl (C=O) groups is 4. The number of amides is 3. The molecule has 0 saturated heterocycles. The van der Waals surface area contributed by atoms with Crippen molar-refractivity contribution in [2.75, 3.05) is 18.5 Å². The van der Waals surface area contributed by atoms with Crippen LogP contribution in [0.15, 0.2) is 42.5 Å². The molecule has 7 heteroatoms. The second kappa shape index (κ2) is 9.35. The molecule has 2 aromatic rings. The van der Waals surface area contributed by atoms with Crippen molar-refractivity contribution in [2.24, 2.45) is 0 Å². The van der Waals surface area contributed by atoms with Crippen molar-refractivity contribution >= 4 is 29.4 Å². The molecule has 0 atom stereocenters. The van der Waals surface area contributed by atoms with E-state index in [9.17, 15) is 19.2 Å². The highest BCUT2D eigenvalue weighted by Crippen LogP contribution is 2.24. The molecule has 0 fully saturated rings. The molecule has 0 unspecified atom stereocenters. The van der Waals surface area contributed by atoms with E-state index in [4.69, 9.17) is 4.74 Å². The first-order valence-corrected chi connectivity index (χ1v) is 9.91. The standard InChI is InChI=1S/C23H24N2O5/c1-3-16-7-4-5-8-19(16)24-20(26)14-30-21(27)9-6-12-25-22(28)17-11-10-15(2)13-18(17)23(25)29/h4-5,7-8,10-11,13H,3,6,9,12,14H2,1-2H3,(H,24,26). The summed E-state index contributed by atoms with van der Waals surface area (Å²) in [6.07, 6.45) is 1.04. The summed E-state index contributed by atoms with van der Waals surface area (Å²) >= 11 is 0. The van der Waals surface area contributed by atoms with Gasteiger partial charge in [0.2, 0.25) is 0 Å². The predicted octanol–water partition coefficient (Wildman–Crippen LogP) is 3.12. The number of ether oxygens (including phenoxy) is 1. The van der Waals surface area contributed by atoms with Crippen LogP contribution in [-0.2, 0) is 20.7 Å². The molecule has 0 radical (unpaired) electrons. The number of carbonyl (C=O) groups excluding carboxylic acids is 4. The zero-order valence-electron chi connectivity index (χ0n) is 17.1. The number of rotatable bonds is 8. The lowest BCUT2D eigenvalue weighted by atomic mass is 10.1. The van der Waals surface area contributed by atoms with Gasteiger partial charge in [0.15, 0.2) is 6.61 Å². The highest BCUT2D eigenvalue weighted by Gasteiger charge is 2.35. The van der Waals surface area contributed by atoms with Crippen LogP contribution < -0.4 is 5.32 Å². The number of hydrogen-bond donors (Lipinski definition) is 1. The van der Waals surface area contributed by atoms with Gasteiger partial charge in [0.25, 0.3) is 17.7 Å². The summed E-state index contributed by atoms with van der Waals surface area (Å²) in [4.78, 5) is 49.9. The van der Waals surface area contributed by atoms with Gasteiger partial charge in [0.05, 0.1) is 11.1 Å². The summed E-state index contributed by atoms with van der Waals surface area (Å²) in [5.41, 5.74) is 3.37. The molecule has 0 saturated carbocycles. The van der Waals surface area contributed by atoms with Gasteiger partial charge in [0, 0.05) is 18.7 Å². The van der Waals surface area contributed by atoms with Crippen molar-refractivity contribution in [1.29, 1.82) is 0 Å². The van der Waals surface area contributed by atoms with Gasteiger partial charge in [-0.25, -0.2) is 0 Å². The monoisotopic (exact) mass is 408 g/mol. The van der Waals surface area contributed by atoms with Crippen LogP contribution in [0.3, 0.4) is 0 Å². The van der Waals surface area contributed by atoms with Crippen LogP contribution in [0, 0.1) is 6.92 Å². The molecule has 1 N–H and O–H groups in total. The summed E-state index contributed by atoms with van der Waals surface area (Å²) in [6, 6.07) is 12.6. The summed E-state index contributed by atoms with van der Waals surface area (Å²) in [5.74, 6) is -1.67. The highest BCUT2D eigenvalue weighted by molar-refractivity contribution is 6.21. The molecule has 2 aromatic carbocycles. The Bertz CT molecular complexity index is 999. The Labute approximate surface area is 175 Å². The van der Waals surface area contributed by atoms with E-state index in [1.807, 2.05) is 32.0 Å². The molecule has 0 bridgehead atoms. The molecular weight excluding hydrogens is 384 g/mol. The largest absolute Gasteiger partial charge is 0.456 e. The number of fused-ring (bicyclic) bond motifs is 1. The smallest absolute Gasteiger partial charge is 0.306 e. The molecule has 1 heterocycles. The first-order valence-electron chi connectivity index (χ1n) is 9.91. The van der Waals surface area contributed by atoms with Crippen molar-refractivity contribution < 1.29 is 23.9 Å². The first-order chi connectivity index (χ1) is 14.4. The summed E-state index contributed by atoms with van der Waals surface area (Å²) in [5, 5.41) is 2.73. The summed E-state index contributed by atoms with van der Waals surface area (Å²) in [6.45, 7) is 3.58. The third-order valence-electron chi connectivity index (χ3n) is 4.93. The van der Waals surface area contributed by atoms with Crippen LogP contribution in [0.4, 0.5) is 5.69 Å². The van der Waals surface area contributed by atoms with Gasteiger partial charge >= 0.3 is 5.97 Å². The SMILES string of the molecule is CCc1ccccc1NC(=O)COC(=O)CCCN1C(=O)c2ccc(C)cc2C1=O. The minimum atomic E-state index is -0.554. The molecule has 0 spiro atoms. The van der Waals surface area contributed by atoms with Gasteiger partial charge in [0.1, 0.15) is 0 Å². The Morgan fingerprint density at radius 3 is 2.53 bits per heavy atom. The highest BCUT2D eigenvalue weighted by atomic mass is 16.5.